The maximum Gasteiger partial charge on any atom is 0.273 e. The van der Waals surface area contributed by atoms with E-state index in [1.54, 1.807) is 12.1 Å². The summed E-state index contributed by atoms with van der Waals surface area (Å²) in [7, 11) is 0. The van der Waals surface area contributed by atoms with Crippen LogP contribution in [0.5, 0.6) is 5.75 Å². The van der Waals surface area contributed by atoms with Gasteiger partial charge < -0.3 is 10.1 Å². The molecule has 0 atom stereocenters. The van der Waals surface area contributed by atoms with E-state index >= 15 is 0 Å². The minimum absolute atomic E-state index is 0.000553. The Labute approximate surface area is 136 Å². The van der Waals surface area contributed by atoms with Crippen LogP contribution in [0, 0.1) is 10.1 Å². The van der Waals surface area contributed by atoms with Gasteiger partial charge in [-0.05, 0) is 33.4 Å². The number of ether oxygens (including phenoxy) is 1. The lowest BCUT2D eigenvalue weighted by atomic mass is 10.1. The molecular weight excluding hydrogens is 298 g/mol. The van der Waals surface area contributed by atoms with Gasteiger partial charge in [-0.1, -0.05) is 13.0 Å². The first-order valence-corrected chi connectivity index (χ1v) is 7.62. The molecule has 1 aromatic rings. The van der Waals surface area contributed by atoms with Crippen LogP contribution < -0.4 is 10.1 Å². The number of nitro groups is 1. The Hall–Kier alpha value is -2.15. The van der Waals surface area contributed by atoms with Gasteiger partial charge in [0, 0.05) is 18.2 Å². The number of nitrogens with zero attached hydrogens (tertiary/aromatic N) is 2. The van der Waals surface area contributed by atoms with Crippen LogP contribution >= 0.6 is 0 Å². The third-order valence-electron chi connectivity index (χ3n) is 3.03. The van der Waals surface area contributed by atoms with Crippen LogP contribution in [0.1, 0.15) is 27.7 Å². The number of nitrogens with one attached hydrogen (secondary N) is 1. The summed E-state index contributed by atoms with van der Waals surface area (Å²) >= 11 is 0. The third-order valence-corrected chi connectivity index (χ3v) is 3.03. The molecule has 1 N–H and O–H groups in total. The van der Waals surface area contributed by atoms with Gasteiger partial charge in [-0.15, -0.1) is 0 Å². The standard InChI is InChI=1S/C16H25N3O4/c1-5-18(12-15(20)17-16(2,3)4)9-10-23-14-8-6-7-13(11-14)19(21)22/h6-8,11H,5,9-10,12H2,1-4H3,(H,17,20). The van der Waals surface area contributed by atoms with Gasteiger partial charge in [0.1, 0.15) is 12.4 Å². The monoisotopic (exact) mass is 323 g/mol. The number of carbonyl (C=O) groups is 1. The number of non-ortho nitro benzene ring substituents is 1. The Kier molecular flexibility index (Phi) is 6.96. The molecule has 0 saturated carbocycles. The number of nitro benzene ring substituents is 1. The highest BCUT2D eigenvalue weighted by molar-refractivity contribution is 5.78. The van der Waals surface area contributed by atoms with Crippen LogP contribution in [0.25, 0.3) is 0 Å². The Morgan fingerprint density at radius 1 is 1.39 bits per heavy atom. The van der Waals surface area contributed by atoms with Crippen molar-refractivity contribution in [1.82, 2.24) is 10.2 Å². The molecule has 0 saturated heterocycles. The quantitative estimate of drug-likeness (QED) is 0.585. The zero-order valence-corrected chi connectivity index (χ0v) is 14.2. The van der Waals surface area contributed by atoms with Gasteiger partial charge in [0.05, 0.1) is 17.5 Å². The van der Waals surface area contributed by atoms with E-state index in [2.05, 4.69) is 5.32 Å². The van der Waals surface area contributed by atoms with Crippen LogP contribution in [0.15, 0.2) is 24.3 Å². The van der Waals surface area contributed by atoms with E-state index in [0.717, 1.165) is 6.54 Å². The average Bonchev–Trinajstić information content (AvgIpc) is 2.44. The molecule has 1 aromatic carbocycles. The second-order valence-corrected chi connectivity index (χ2v) is 6.27. The number of likely N-dealkylation sites (N-methyl/N-ethyl adjacent to an activating group) is 1. The highest BCUT2D eigenvalue weighted by atomic mass is 16.6. The molecule has 7 nitrogen and oxygen atoms in total. The van der Waals surface area contributed by atoms with Gasteiger partial charge in [0.25, 0.3) is 5.69 Å². The maximum atomic E-state index is 11.9. The van der Waals surface area contributed by atoms with Crippen molar-refractivity contribution in [2.24, 2.45) is 0 Å². The number of hydrogen-bond acceptors (Lipinski definition) is 5. The molecule has 23 heavy (non-hydrogen) atoms. The van der Waals surface area contributed by atoms with Crippen molar-refractivity contribution in [3.63, 3.8) is 0 Å². The maximum absolute atomic E-state index is 11.9. The molecule has 0 spiro atoms. The first-order chi connectivity index (χ1) is 10.7. The molecule has 7 heteroatoms. The first-order valence-electron chi connectivity index (χ1n) is 7.62. The Morgan fingerprint density at radius 2 is 2.09 bits per heavy atom. The fourth-order valence-corrected chi connectivity index (χ4v) is 1.99. The normalized spacial score (nSPS) is 11.3. The molecule has 0 fully saturated rings. The van der Waals surface area contributed by atoms with Gasteiger partial charge in [0.15, 0.2) is 0 Å². The molecule has 0 aromatic heterocycles. The van der Waals surface area contributed by atoms with E-state index < -0.39 is 4.92 Å². The fraction of sp³-hybridized carbons (Fsp3) is 0.562. The van der Waals surface area contributed by atoms with E-state index in [4.69, 9.17) is 4.74 Å². The highest BCUT2D eigenvalue weighted by Gasteiger charge is 2.16. The van der Waals surface area contributed by atoms with E-state index in [0.29, 0.717) is 25.4 Å². The molecule has 128 valence electrons. The largest absolute Gasteiger partial charge is 0.492 e. The molecule has 1 amide bonds. The predicted molar refractivity (Wildman–Crippen MR) is 88.6 cm³/mol. The molecular formula is C16H25N3O4. The van der Waals surface area contributed by atoms with Crippen LogP contribution in [0.2, 0.25) is 0 Å². The van der Waals surface area contributed by atoms with Crippen LogP contribution in [0.4, 0.5) is 5.69 Å². The second kappa shape index (κ2) is 8.47. The van der Waals surface area contributed by atoms with Crippen molar-refractivity contribution >= 4 is 11.6 Å². The molecule has 0 heterocycles. The van der Waals surface area contributed by atoms with Crippen LogP contribution in [-0.2, 0) is 4.79 Å². The Morgan fingerprint density at radius 3 is 2.65 bits per heavy atom. The van der Waals surface area contributed by atoms with E-state index in [9.17, 15) is 14.9 Å². The van der Waals surface area contributed by atoms with Gasteiger partial charge in [-0.3, -0.25) is 19.8 Å². The summed E-state index contributed by atoms with van der Waals surface area (Å²) in [6.45, 7) is 9.72. The third kappa shape index (κ3) is 7.60. The van der Waals surface area contributed by atoms with Crippen molar-refractivity contribution in [3.8, 4) is 5.75 Å². The molecule has 0 aliphatic carbocycles. The fourth-order valence-electron chi connectivity index (χ4n) is 1.99. The van der Waals surface area contributed by atoms with Crippen molar-refractivity contribution in [2.75, 3.05) is 26.2 Å². The summed E-state index contributed by atoms with van der Waals surface area (Å²) in [5.74, 6) is 0.420. The molecule has 1 rings (SSSR count). The molecule has 0 unspecified atom stereocenters. The topological polar surface area (TPSA) is 84.7 Å². The molecule has 0 radical (unpaired) electrons. The number of rotatable bonds is 8. The van der Waals surface area contributed by atoms with E-state index in [1.165, 1.54) is 12.1 Å². The zero-order chi connectivity index (χ0) is 17.5. The van der Waals surface area contributed by atoms with Crippen molar-refractivity contribution in [1.29, 1.82) is 0 Å². The summed E-state index contributed by atoms with van der Waals surface area (Å²) in [4.78, 5) is 24.1. The van der Waals surface area contributed by atoms with Crippen molar-refractivity contribution in [3.05, 3.63) is 34.4 Å². The van der Waals surface area contributed by atoms with Crippen molar-refractivity contribution in [2.45, 2.75) is 33.2 Å². The Bertz CT molecular complexity index is 540. The summed E-state index contributed by atoms with van der Waals surface area (Å²) < 4.78 is 5.53. The lowest BCUT2D eigenvalue weighted by Crippen LogP contribution is -2.46. The SMILES string of the molecule is CCN(CCOc1cccc([N+](=O)[O-])c1)CC(=O)NC(C)(C)C. The number of amides is 1. The van der Waals surface area contributed by atoms with E-state index in [1.807, 2.05) is 32.6 Å². The Balaban J connectivity index is 2.44. The highest BCUT2D eigenvalue weighted by Crippen LogP contribution is 2.18. The average molecular weight is 323 g/mol. The van der Waals surface area contributed by atoms with Crippen LogP contribution in [-0.4, -0.2) is 47.5 Å². The van der Waals surface area contributed by atoms with Crippen molar-refractivity contribution < 1.29 is 14.5 Å². The van der Waals surface area contributed by atoms with Gasteiger partial charge in [-0.25, -0.2) is 0 Å². The number of carbonyl (C=O) groups excluding carboxylic acids is 1. The van der Waals surface area contributed by atoms with Gasteiger partial charge in [0.2, 0.25) is 5.91 Å². The molecule has 0 bridgehead atoms. The zero-order valence-electron chi connectivity index (χ0n) is 14.2. The minimum Gasteiger partial charge on any atom is -0.492 e. The lowest BCUT2D eigenvalue weighted by molar-refractivity contribution is -0.384. The van der Waals surface area contributed by atoms with E-state index in [-0.39, 0.29) is 17.1 Å². The summed E-state index contributed by atoms with van der Waals surface area (Å²) in [6, 6.07) is 6.07. The second-order valence-electron chi connectivity index (χ2n) is 6.27. The molecule has 0 aliphatic rings. The predicted octanol–water partition coefficient (Wildman–Crippen LogP) is 2.21. The first kappa shape index (κ1) is 18.9. The summed E-state index contributed by atoms with van der Waals surface area (Å²) in [5, 5.41) is 13.6. The summed E-state index contributed by atoms with van der Waals surface area (Å²) in [6.07, 6.45) is 0. The van der Waals surface area contributed by atoms with Gasteiger partial charge in [-0.2, -0.15) is 0 Å². The smallest absolute Gasteiger partial charge is 0.273 e. The number of benzene rings is 1. The minimum atomic E-state index is -0.456. The number of hydrogen-bond donors (Lipinski definition) is 1. The summed E-state index contributed by atoms with van der Waals surface area (Å²) in [5.41, 5.74) is -0.255. The molecule has 0 aliphatic heterocycles. The lowest BCUT2D eigenvalue weighted by Gasteiger charge is -2.24. The van der Waals surface area contributed by atoms with Crippen LogP contribution in [0.3, 0.4) is 0 Å². The van der Waals surface area contributed by atoms with Gasteiger partial charge >= 0.3 is 0 Å².